The Labute approximate surface area is 210 Å². The van der Waals surface area contributed by atoms with Gasteiger partial charge in [0.25, 0.3) is 0 Å². The Kier molecular flexibility index (Phi) is 7.70. The first-order chi connectivity index (χ1) is 17.2. The number of fused-ring (bicyclic) bond motifs is 1. The molecule has 7 heteroatoms. The number of carbonyl (C=O) groups is 1. The van der Waals surface area contributed by atoms with E-state index in [0.717, 1.165) is 36.2 Å². The number of halogens is 1. The summed E-state index contributed by atoms with van der Waals surface area (Å²) in [5.41, 5.74) is 4.24. The first-order valence-corrected chi connectivity index (χ1v) is 12.2. The first kappa shape index (κ1) is 25.4. The van der Waals surface area contributed by atoms with Crippen LogP contribution in [0, 0.1) is 18.7 Å². The fraction of sp³-hybridized carbons (Fsp3) is 0.310. The summed E-state index contributed by atoms with van der Waals surface area (Å²) in [7, 11) is 4.04. The Morgan fingerprint density at radius 1 is 1.06 bits per heavy atom. The summed E-state index contributed by atoms with van der Waals surface area (Å²) in [6.07, 6.45) is 2.62. The van der Waals surface area contributed by atoms with Crippen molar-refractivity contribution in [3.8, 4) is 22.8 Å². The van der Waals surface area contributed by atoms with Gasteiger partial charge in [0.2, 0.25) is 0 Å². The standard InChI is InChI=1S/C29H32FN3O3/c1-19-6-4-8-27-31-28(29(33(19)27)22-10-12-23(30)13-11-22)26(36)18-20(7-5-15-32(2)3)16-21-9-14-24(34)25(35)17-21/h4,6,8-14,17,20,34-35H,5,7,15-16,18H2,1-3H3. The molecule has 0 aliphatic rings. The van der Waals surface area contributed by atoms with Crippen LogP contribution < -0.4 is 0 Å². The fourth-order valence-electron chi connectivity index (χ4n) is 4.68. The predicted octanol–water partition coefficient (Wildman–Crippen LogP) is 5.63. The van der Waals surface area contributed by atoms with E-state index in [1.807, 2.05) is 43.6 Å². The number of ketones is 1. The van der Waals surface area contributed by atoms with Gasteiger partial charge in [0.05, 0.1) is 5.69 Å². The van der Waals surface area contributed by atoms with E-state index < -0.39 is 0 Å². The fourth-order valence-corrected chi connectivity index (χ4v) is 4.68. The number of aromatic nitrogens is 2. The smallest absolute Gasteiger partial charge is 0.183 e. The molecule has 1 unspecified atom stereocenters. The van der Waals surface area contributed by atoms with Crippen LogP contribution in [0.25, 0.3) is 16.9 Å². The number of aromatic hydroxyl groups is 2. The Bertz CT molecular complexity index is 1360. The van der Waals surface area contributed by atoms with Gasteiger partial charge in [-0.05, 0) is 107 Å². The van der Waals surface area contributed by atoms with E-state index in [2.05, 4.69) is 4.90 Å². The SMILES string of the molecule is Cc1cccc2nc(C(=O)CC(CCCN(C)C)Cc3ccc(O)c(O)c3)c(-c3ccc(F)cc3)n12. The van der Waals surface area contributed by atoms with E-state index in [-0.39, 0.29) is 35.4 Å². The highest BCUT2D eigenvalue weighted by atomic mass is 19.1. The van der Waals surface area contributed by atoms with E-state index in [1.54, 1.807) is 24.3 Å². The van der Waals surface area contributed by atoms with Gasteiger partial charge in [-0.15, -0.1) is 0 Å². The number of benzene rings is 2. The zero-order chi connectivity index (χ0) is 25.8. The van der Waals surface area contributed by atoms with E-state index >= 15 is 0 Å². The monoisotopic (exact) mass is 489 g/mol. The first-order valence-electron chi connectivity index (χ1n) is 12.2. The number of hydrogen-bond donors (Lipinski definition) is 2. The predicted molar refractivity (Wildman–Crippen MR) is 139 cm³/mol. The molecule has 4 rings (SSSR count). The number of aryl methyl sites for hydroxylation is 1. The van der Waals surface area contributed by atoms with Crippen LogP contribution in [0.1, 0.15) is 41.0 Å². The summed E-state index contributed by atoms with van der Waals surface area (Å²) in [5.74, 6) is -0.720. The Balaban J connectivity index is 1.68. The second-order valence-corrected chi connectivity index (χ2v) is 9.64. The van der Waals surface area contributed by atoms with E-state index in [9.17, 15) is 19.4 Å². The molecule has 0 spiro atoms. The minimum absolute atomic E-state index is 0.0216. The lowest BCUT2D eigenvalue weighted by Crippen LogP contribution is -2.17. The number of hydrogen-bond acceptors (Lipinski definition) is 5. The van der Waals surface area contributed by atoms with Gasteiger partial charge in [-0.1, -0.05) is 12.1 Å². The summed E-state index contributed by atoms with van der Waals surface area (Å²) >= 11 is 0. The normalized spacial score (nSPS) is 12.4. The molecule has 2 aromatic carbocycles. The second-order valence-electron chi connectivity index (χ2n) is 9.64. The number of carbonyl (C=O) groups excluding carboxylic acids is 1. The number of rotatable bonds is 10. The largest absolute Gasteiger partial charge is 0.504 e. The molecule has 0 aliphatic heterocycles. The molecule has 0 amide bonds. The molecule has 0 aliphatic carbocycles. The van der Waals surface area contributed by atoms with Gasteiger partial charge in [0, 0.05) is 17.7 Å². The molecule has 1 atom stereocenters. The van der Waals surface area contributed by atoms with Crippen LogP contribution in [0.2, 0.25) is 0 Å². The lowest BCUT2D eigenvalue weighted by molar-refractivity contribution is 0.0954. The third-order valence-electron chi connectivity index (χ3n) is 6.48. The Hall–Kier alpha value is -3.71. The molecule has 0 saturated heterocycles. The van der Waals surface area contributed by atoms with Gasteiger partial charge in [-0.2, -0.15) is 0 Å². The summed E-state index contributed by atoms with van der Waals surface area (Å²) in [4.78, 5) is 20.6. The highest BCUT2D eigenvalue weighted by Gasteiger charge is 2.24. The van der Waals surface area contributed by atoms with Crippen molar-refractivity contribution in [1.82, 2.24) is 14.3 Å². The minimum Gasteiger partial charge on any atom is -0.504 e. The van der Waals surface area contributed by atoms with Crippen molar-refractivity contribution in [3.63, 3.8) is 0 Å². The third kappa shape index (κ3) is 5.74. The Morgan fingerprint density at radius 3 is 2.50 bits per heavy atom. The zero-order valence-corrected chi connectivity index (χ0v) is 20.9. The zero-order valence-electron chi connectivity index (χ0n) is 20.9. The molecule has 2 N–H and O–H groups in total. The molecule has 2 heterocycles. The highest BCUT2D eigenvalue weighted by molar-refractivity contribution is 6.01. The molecule has 0 bridgehead atoms. The maximum atomic E-state index is 13.8. The Morgan fingerprint density at radius 2 is 1.81 bits per heavy atom. The van der Waals surface area contributed by atoms with Crippen molar-refractivity contribution < 1.29 is 19.4 Å². The van der Waals surface area contributed by atoms with Crippen LogP contribution in [-0.4, -0.2) is 50.9 Å². The number of nitrogens with zero attached hydrogens (tertiary/aromatic N) is 3. The molecule has 6 nitrogen and oxygen atoms in total. The van der Waals surface area contributed by atoms with Gasteiger partial charge in [0.15, 0.2) is 17.3 Å². The van der Waals surface area contributed by atoms with E-state index in [0.29, 0.717) is 23.5 Å². The highest BCUT2D eigenvalue weighted by Crippen LogP contribution is 2.31. The molecular formula is C29H32FN3O3. The number of phenols is 2. The maximum Gasteiger partial charge on any atom is 0.183 e. The van der Waals surface area contributed by atoms with Crippen molar-refractivity contribution >= 4 is 11.4 Å². The van der Waals surface area contributed by atoms with Gasteiger partial charge in [-0.3, -0.25) is 9.20 Å². The molecular weight excluding hydrogens is 457 g/mol. The van der Waals surface area contributed by atoms with Crippen molar-refractivity contribution in [2.24, 2.45) is 5.92 Å². The van der Waals surface area contributed by atoms with Gasteiger partial charge in [-0.25, -0.2) is 9.37 Å². The van der Waals surface area contributed by atoms with Crippen LogP contribution >= 0.6 is 0 Å². The molecule has 4 aromatic rings. The maximum absolute atomic E-state index is 13.8. The van der Waals surface area contributed by atoms with E-state index in [1.165, 1.54) is 18.2 Å². The summed E-state index contributed by atoms with van der Waals surface area (Å²) in [5, 5.41) is 19.6. The van der Waals surface area contributed by atoms with Crippen LogP contribution in [-0.2, 0) is 6.42 Å². The number of phenolic OH excluding ortho intramolecular Hbond substituents is 2. The topological polar surface area (TPSA) is 78.1 Å². The van der Waals surface area contributed by atoms with Crippen molar-refractivity contribution in [2.45, 2.75) is 32.6 Å². The van der Waals surface area contributed by atoms with Crippen LogP contribution in [0.4, 0.5) is 4.39 Å². The van der Waals surface area contributed by atoms with Gasteiger partial charge < -0.3 is 15.1 Å². The molecule has 188 valence electrons. The van der Waals surface area contributed by atoms with E-state index in [4.69, 9.17) is 4.98 Å². The van der Waals surface area contributed by atoms with Crippen LogP contribution in [0.5, 0.6) is 11.5 Å². The molecule has 36 heavy (non-hydrogen) atoms. The molecule has 0 saturated carbocycles. The number of pyridine rings is 1. The third-order valence-corrected chi connectivity index (χ3v) is 6.48. The summed E-state index contributed by atoms with van der Waals surface area (Å²) in [6.45, 7) is 2.86. The second kappa shape index (κ2) is 10.9. The molecule has 2 aromatic heterocycles. The summed E-state index contributed by atoms with van der Waals surface area (Å²) in [6, 6.07) is 16.7. The van der Waals surface area contributed by atoms with Crippen LogP contribution in [0.15, 0.2) is 60.7 Å². The number of Topliss-reactive ketones (excluding diaryl/α,β-unsaturated/α-hetero) is 1. The summed E-state index contributed by atoms with van der Waals surface area (Å²) < 4.78 is 15.6. The van der Waals surface area contributed by atoms with Gasteiger partial charge >= 0.3 is 0 Å². The van der Waals surface area contributed by atoms with Crippen molar-refractivity contribution in [1.29, 1.82) is 0 Å². The quantitative estimate of drug-likeness (QED) is 0.223. The van der Waals surface area contributed by atoms with Gasteiger partial charge in [0.1, 0.15) is 17.2 Å². The lowest BCUT2D eigenvalue weighted by atomic mass is 9.88. The molecule has 0 fully saturated rings. The molecule has 0 radical (unpaired) electrons. The lowest BCUT2D eigenvalue weighted by Gasteiger charge is -2.18. The number of imidazole rings is 1. The van der Waals surface area contributed by atoms with Crippen LogP contribution in [0.3, 0.4) is 0 Å². The van der Waals surface area contributed by atoms with Crippen molar-refractivity contribution in [3.05, 3.63) is 83.4 Å². The minimum atomic E-state index is -0.338. The van der Waals surface area contributed by atoms with Crippen molar-refractivity contribution in [2.75, 3.05) is 20.6 Å². The average molecular weight is 490 g/mol. The average Bonchev–Trinajstić information content (AvgIpc) is 3.23.